The lowest BCUT2D eigenvalue weighted by Crippen LogP contribution is -2.44. The molecule has 0 unspecified atom stereocenters. The number of carbonyl (C=O) groups excluding carboxylic acids is 3. The van der Waals surface area contributed by atoms with Crippen molar-refractivity contribution in [3.63, 3.8) is 0 Å². The van der Waals surface area contributed by atoms with E-state index in [1.807, 2.05) is 56.3 Å². The Morgan fingerprint density at radius 1 is 1.20 bits per heavy atom. The van der Waals surface area contributed by atoms with E-state index < -0.39 is 17.5 Å². The molecule has 1 aliphatic heterocycles. The first-order chi connectivity index (χ1) is 14.4. The number of nitrogens with zero attached hydrogens (tertiary/aromatic N) is 1. The molecule has 1 fully saturated rings. The molecule has 0 bridgehead atoms. The van der Waals surface area contributed by atoms with Gasteiger partial charge in [-0.25, -0.2) is 4.79 Å². The number of fused-ring (bicyclic) bond motifs is 2. The van der Waals surface area contributed by atoms with Crippen molar-refractivity contribution >= 4 is 17.8 Å². The van der Waals surface area contributed by atoms with Gasteiger partial charge >= 0.3 is 6.03 Å². The highest BCUT2D eigenvalue weighted by Crippen LogP contribution is 2.41. The Morgan fingerprint density at radius 3 is 2.80 bits per heavy atom. The Morgan fingerprint density at radius 2 is 2.00 bits per heavy atom. The molecule has 7 heteroatoms. The Kier molecular flexibility index (Phi) is 5.20. The van der Waals surface area contributed by atoms with Crippen LogP contribution in [0, 0.1) is 13.8 Å². The van der Waals surface area contributed by atoms with Crippen LogP contribution in [0.1, 0.15) is 28.7 Å². The molecule has 2 aromatic carbocycles. The maximum absolute atomic E-state index is 13.1. The molecule has 1 saturated heterocycles. The van der Waals surface area contributed by atoms with Gasteiger partial charge in [-0.15, -0.1) is 0 Å². The van der Waals surface area contributed by atoms with Crippen LogP contribution in [0.25, 0.3) is 0 Å². The predicted octanol–water partition coefficient (Wildman–Crippen LogP) is 2.19. The molecule has 1 spiro atoms. The second kappa shape index (κ2) is 7.82. The van der Waals surface area contributed by atoms with Gasteiger partial charge in [-0.05, 0) is 49.4 Å². The third-order valence-corrected chi connectivity index (χ3v) is 5.74. The van der Waals surface area contributed by atoms with Crippen LogP contribution in [0.4, 0.5) is 4.79 Å². The summed E-state index contributed by atoms with van der Waals surface area (Å²) >= 11 is 0. The van der Waals surface area contributed by atoms with E-state index >= 15 is 0 Å². The molecule has 0 saturated carbocycles. The van der Waals surface area contributed by atoms with Crippen LogP contribution in [-0.4, -0.2) is 42.4 Å². The normalized spacial score (nSPS) is 19.7. The Balaban J connectivity index is 1.32. The third kappa shape index (κ3) is 3.51. The summed E-state index contributed by atoms with van der Waals surface area (Å²) < 4.78 is 5.70. The van der Waals surface area contributed by atoms with Gasteiger partial charge in [-0.2, -0.15) is 0 Å². The summed E-state index contributed by atoms with van der Waals surface area (Å²) in [6.45, 7) is 4.26. The van der Waals surface area contributed by atoms with Crippen LogP contribution in [0.3, 0.4) is 0 Å². The van der Waals surface area contributed by atoms with Crippen molar-refractivity contribution in [3.05, 3.63) is 64.7 Å². The number of aryl methyl sites for hydroxylation is 3. The van der Waals surface area contributed by atoms with Crippen molar-refractivity contribution in [2.24, 2.45) is 0 Å². The van der Waals surface area contributed by atoms with Gasteiger partial charge in [0.1, 0.15) is 24.4 Å². The summed E-state index contributed by atoms with van der Waals surface area (Å²) in [4.78, 5) is 38.8. The second-order valence-electron chi connectivity index (χ2n) is 7.85. The van der Waals surface area contributed by atoms with Crippen molar-refractivity contribution in [2.45, 2.75) is 32.2 Å². The zero-order valence-electron chi connectivity index (χ0n) is 17.2. The maximum atomic E-state index is 13.1. The molecular formula is C23H25N3O4. The number of nitrogens with one attached hydrogen (secondary N) is 2. The summed E-state index contributed by atoms with van der Waals surface area (Å²) in [5.41, 5.74) is 3.03. The minimum Gasteiger partial charge on any atom is -0.491 e. The smallest absolute Gasteiger partial charge is 0.325 e. The molecule has 2 aromatic rings. The molecule has 0 aromatic heterocycles. The van der Waals surface area contributed by atoms with E-state index in [9.17, 15) is 14.4 Å². The zero-order valence-corrected chi connectivity index (χ0v) is 17.2. The SMILES string of the molecule is Cc1ccc(OCCNC(=O)CN2C(=O)N[C@@]3(CCc4ccccc43)C2=O)c(C)c1. The summed E-state index contributed by atoms with van der Waals surface area (Å²) in [7, 11) is 0. The van der Waals surface area contributed by atoms with Crippen LogP contribution in [0.5, 0.6) is 5.75 Å². The number of imide groups is 1. The van der Waals surface area contributed by atoms with E-state index in [1.54, 1.807) is 0 Å². The van der Waals surface area contributed by atoms with Gasteiger partial charge in [0.25, 0.3) is 5.91 Å². The summed E-state index contributed by atoms with van der Waals surface area (Å²) in [6.07, 6.45) is 1.23. The highest BCUT2D eigenvalue weighted by molar-refractivity contribution is 6.09. The first kappa shape index (κ1) is 19.9. The zero-order chi connectivity index (χ0) is 21.3. The fourth-order valence-corrected chi connectivity index (χ4v) is 4.25. The fourth-order valence-electron chi connectivity index (χ4n) is 4.25. The second-order valence-corrected chi connectivity index (χ2v) is 7.85. The minimum atomic E-state index is -1.04. The first-order valence-corrected chi connectivity index (χ1v) is 10.1. The Labute approximate surface area is 175 Å². The molecule has 156 valence electrons. The van der Waals surface area contributed by atoms with Gasteiger partial charge in [0.15, 0.2) is 0 Å². The molecule has 1 heterocycles. The monoisotopic (exact) mass is 407 g/mol. The van der Waals surface area contributed by atoms with Crippen LogP contribution < -0.4 is 15.4 Å². The molecule has 1 atom stereocenters. The molecule has 4 rings (SSSR count). The van der Waals surface area contributed by atoms with Gasteiger partial charge in [0, 0.05) is 0 Å². The van der Waals surface area contributed by atoms with E-state index in [-0.39, 0.29) is 19.0 Å². The topological polar surface area (TPSA) is 87.7 Å². The van der Waals surface area contributed by atoms with Crippen LogP contribution in [-0.2, 0) is 21.5 Å². The molecule has 2 N–H and O–H groups in total. The van der Waals surface area contributed by atoms with E-state index in [0.717, 1.165) is 39.3 Å². The third-order valence-electron chi connectivity index (χ3n) is 5.74. The van der Waals surface area contributed by atoms with Crippen molar-refractivity contribution in [2.75, 3.05) is 19.7 Å². The Hall–Kier alpha value is -3.35. The first-order valence-electron chi connectivity index (χ1n) is 10.1. The average Bonchev–Trinajstić information content (AvgIpc) is 3.20. The number of hydrogen-bond donors (Lipinski definition) is 2. The van der Waals surface area contributed by atoms with Crippen molar-refractivity contribution < 1.29 is 19.1 Å². The number of rotatable bonds is 6. The average molecular weight is 407 g/mol. The van der Waals surface area contributed by atoms with Crippen molar-refractivity contribution in [3.8, 4) is 5.75 Å². The predicted molar refractivity (Wildman–Crippen MR) is 111 cm³/mol. The lowest BCUT2D eigenvalue weighted by Gasteiger charge is -2.22. The molecule has 1 aliphatic carbocycles. The van der Waals surface area contributed by atoms with Crippen molar-refractivity contribution in [1.82, 2.24) is 15.5 Å². The molecule has 0 radical (unpaired) electrons. The fraction of sp³-hybridized carbons (Fsp3) is 0.348. The number of ether oxygens (including phenoxy) is 1. The van der Waals surface area contributed by atoms with Crippen LogP contribution in [0.2, 0.25) is 0 Å². The molecule has 30 heavy (non-hydrogen) atoms. The standard InChI is InChI=1S/C23H25N3O4/c1-15-7-8-19(16(2)13-15)30-12-11-24-20(27)14-26-21(28)23(25-22(26)29)10-9-17-5-3-4-6-18(17)23/h3-8,13H,9-12,14H2,1-2H3,(H,24,27)(H,25,29)/t23-/m1/s1. The highest BCUT2D eigenvalue weighted by atomic mass is 16.5. The van der Waals surface area contributed by atoms with Crippen LogP contribution in [0.15, 0.2) is 42.5 Å². The number of urea groups is 1. The number of benzene rings is 2. The van der Waals surface area contributed by atoms with Crippen LogP contribution >= 0.6 is 0 Å². The van der Waals surface area contributed by atoms with Gasteiger partial charge in [0.05, 0.1) is 6.54 Å². The molecule has 2 aliphatic rings. The molecule has 7 nitrogen and oxygen atoms in total. The summed E-state index contributed by atoms with van der Waals surface area (Å²) in [6, 6.07) is 13.0. The van der Waals surface area contributed by atoms with Gasteiger partial charge < -0.3 is 15.4 Å². The van der Waals surface area contributed by atoms with E-state index in [1.165, 1.54) is 0 Å². The number of carbonyl (C=O) groups is 3. The summed E-state index contributed by atoms with van der Waals surface area (Å²) in [5, 5.41) is 5.54. The molecule has 4 amide bonds. The number of amides is 4. The van der Waals surface area contributed by atoms with E-state index in [2.05, 4.69) is 10.6 Å². The highest BCUT2D eigenvalue weighted by Gasteiger charge is 2.55. The number of hydrogen-bond acceptors (Lipinski definition) is 4. The minimum absolute atomic E-state index is 0.282. The molecular weight excluding hydrogens is 382 g/mol. The van der Waals surface area contributed by atoms with Crippen molar-refractivity contribution in [1.29, 1.82) is 0 Å². The Bertz CT molecular complexity index is 1020. The lowest BCUT2D eigenvalue weighted by atomic mass is 9.92. The van der Waals surface area contributed by atoms with Gasteiger partial charge in [-0.1, -0.05) is 42.0 Å². The van der Waals surface area contributed by atoms with E-state index in [0.29, 0.717) is 13.0 Å². The van der Waals surface area contributed by atoms with Gasteiger partial charge in [0.2, 0.25) is 5.91 Å². The quantitative estimate of drug-likeness (QED) is 0.568. The summed E-state index contributed by atoms with van der Waals surface area (Å²) in [5.74, 6) is 0.0102. The lowest BCUT2D eigenvalue weighted by molar-refractivity contribution is -0.135. The largest absolute Gasteiger partial charge is 0.491 e. The van der Waals surface area contributed by atoms with Gasteiger partial charge in [-0.3, -0.25) is 14.5 Å². The van der Waals surface area contributed by atoms with E-state index in [4.69, 9.17) is 4.74 Å². The maximum Gasteiger partial charge on any atom is 0.325 e.